The van der Waals surface area contributed by atoms with E-state index in [0.717, 1.165) is 11.3 Å². The van der Waals surface area contributed by atoms with E-state index in [1.807, 2.05) is 0 Å². The minimum absolute atomic E-state index is 0.0667. The van der Waals surface area contributed by atoms with E-state index in [4.69, 9.17) is 16.0 Å². The zero-order valence-electron chi connectivity index (χ0n) is 13.9. The molecule has 0 fully saturated rings. The molecule has 0 aliphatic carbocycles. The molecule has 0 bridgehead atoms. The van der Waals surface area contributed by atoms with E-state index in [2.05, 4.69) is 10.3 Å². The van der Waals surface area contributed by atoms with E-state index in [-0.39, 0.29) is 27.6 Å². The molecule has 4 aromatic rings. The number of para-hydroxylation sites is 1. The van der Waals surface area contributed by atoms with Crippen LogP contribution in [0.2, 0.25) is 5.02 Å². The van der Waals surface area contributed by atoms with Gasteiger partial charge in [-0.3, -0.25) is 4.79 Å². The van der Waals surface area contributed by atoms with Gasteiger partial charge in [0, 0.05) is 16.0 Å². The highest BCUT2D eigenvalue weighted by Gasteiger charge is 2.24. The molecule has 140 valence electrons. The van der Waals surface area contributed by atoms with Crippen LogP contribution in [0.5, 0.6) is 0 Å². The molecular formula is C19H10ClFN2O4S. The van der Waals surface area contributed by atoms with E-state index >= 15 is 0 Å². The van der Waals surface area contributed by atoms with Crippen LogP contribution in [0.3, 0.4) is 0 Å². The van der Waals surface area contributed by atoms with E-state index in [1.54, 1.807) is 29.6 Å². The Morgan fingerprint density at radius 1 is 1.18 bits per heavy atom. The Bertz CT molecular complexity index is 1220. The van der Waals surface area contributed by atoms with Crippen LogP contribution in [0.4, 0.5) is 9.39 Å². The third-order valence-electron chi connectivity index (χ3n) is 3.95. The Labute approximate surface area is 166 Å². The highest BCUT2D eigenvalue weighted by Crippen LogP contribution is 2.36. The Kier molecular flexibility index (Phi) is 4.58. The second-order valence-corrected chi connectivity index (χ2v) is 7.04. The minimum Gasteiger partial charge on any atom is -0.478 e. The van der Waals surface area contributed by atoms with E-state index in [0.29, 0.717) is 16.1 Å². The van der Waals surface area contributed by atoms with Crippen molar-refractivity contribution in [2.75, 3.05) is 5.32 Å². The van der Waals surface area contributed by atoms with Crippen LogP contribution in [0.1, 0.15) is 21.0 Å². The van der Waals surface area contributed by atoms with Crippen molar-refractivity contribution in [3.63, 3.8) is 0 Å². The summed E-state index contributed by atoms with van der Waals surface area (Å²) in [6, 6.07) is 10.8. The zero-order chi connectivity index (χ0) is 19.8. The number of halogens is 2. The summed E-state index contributed by atoms with van der Waals surface area (Å²) < 4.78 is 19.0. The molecule has 9 heteroatoms. The quantitative estimate of drug-likeness (QED) is 0.471. The summed E-state index contributed by atoms with van der Waals surface area (Å²) in [7, 11) is 0. The monoisotopic (exact) mass is 416 g/mol. The third kappa shape index (κ3) is 3.23. The fraction of sp³-hybridized carbons (Fsp3) is 0. The number of rotatable bonds is 4. The molecule has 28 heavy (non-hydrogen) atoms. The van der Waals surface area contributed by atoms with Crippen LogP contribution in [0, 0.1) is 5.82 Å². The number of hydrogen-bond donors (Lipinski definition) is 2. The number of hydrogen-bond acceptors (Lipinski definition) is 5. The number of thiophene rings is 1. The summed E-state index contributed by atoms with van der Waals surface area (Å²) in [5.74, 6) is -2.96. The fourth-order valence-corrected chi connectivity index (χ4v) is 3.76. The van der Waals surface area contributed by atoms with Crippen molar-refractivity contribution in [3.8, 4) is 11.1 Å². The summed E-state index contributed by atoms with van der Waals surface area (Å²) in [6.07, 6.45) is 0. The first kappa shape index (κ1) is 18.1. The molecule has 0 saturated carbocycles. The van der Waals surface area contributed by atoms with E-state index < -0.39 is 17.7 Å². The first-order chi connectivity index (χ1) is 13.4. The van der Waals surface area contributed by atoms with Gasteiger partial charge in [0.15, 0.2) is 11.4 Å². The van der Waals surface area contributed by atoms with Crippen molar-refractivity contribution in [1.82, 2.24) is 4.98 Å². The van der Waals surface area contributed by atoms with Gasteiger partial charge in [-0.2, -0.15) is 0 Å². The number of nitrogens with one attached hydrogen (secondary N) is 1. The lowest BCUT2D eigenvalue weighted by atomic mass is 10.0. The van der Waals surface area contributed by atoms with Crippen molar-refractivity contribution in [2.45, 2.75) is 0 Å². The second-order valence-electron chi connectivity index (χ2n) is 5.73. The molecule has 1 amide bonds. The van der Waals surface area contributed by atoms with Gasteiger partial charge in [-0.25, -0.2) is 14.2 Å². The van der Waals surface area contributed by atoms with E-state index in [9.17, 15) is 19.1 Å². The van der Waals surface area contributed by atoms with Crippen LogP contribution >= 0.6 is 22.9 Å². The number of carbonyl (C=O) groups is 2. The van der Waals surface area contributed by atoms with Gasteiger partial charge in [0.25, 0.3) is 5.89 Å². The van der Waals surface area contributed by atoms with E-state index in [1.165, 1.54) is 18.2 Å². The molecule has 6 nitrogen and oxygen atoms in total. The van der Waals surface area contributed by atoms with Gasteiger partial charge in [-0.05, 0) is 29.8 Å². The maximum absolute atomic E-state index is 13.7. The SMILES string of the molecule is O=C(Nc1scc(-c2ccc(Cl)cc2)c1C(=O)O)c1nc2c(F)cccc2o1. The van der Waals surface area contributed by atoms with Gasteiger partial charge in [0.2, 0.25) is 0 Å². The maximum Gasteiger partial charge on any atom is 0.339 e. The first-order valence-corrected chi connectivity index (χ1v) is 9.17. The number of carbonyl (C=O) groups excluding carboxylic acids is 1. The molecule has 0 atom stereocenters. The van der Waals surface area contributed by atoms with Crippen LogP contribution in [-0.2, 0) is 0 Å². The van der Waals surface area contributed by atoms with Gasteiger partial charge >= 0.3 is 11.9 Å². The number of nitrogens with zero attached hydrogens (tertiary/aromatic N) is 1. The predicted molar refractivity (Wildman–Crippen MR) is 104 cm³/mol. The predicted octanol–water partition coefficient (Wildman–Crippen LogP) is 5.30. The molecule has 0 aliphatic rings. The minimum atomic E-state index is -1.20. The average molecular weight is 417 g/mol. The second kappa shape index (κ2) is 7.06. The maximum atomic E-state index is 13.7. The van der Waals surface area contributed by atoms with Crippen LogP contribution in [-0.4, -0.2) is 22.0 Å². The topological polar surface area (TPSA) is 92.4 Å². The highest BCUT2D eigenvalue weighted by molar-refractivity contribution is 7.15. The molecule has 2 aromatic carbocycles. The summed E-state index contributed by atoms with van der Waals surface area (Å²) in [5.41, 5.74) is 1.06. The lowest BCUT2D eigenvalue weighted by Crippen LogP contribution is -2.13. The van der Waals surface area contributed by atoms with Crippen LogP contribution < -0.4 is 5.32 Å². The molecule has 2 aromatic heterocycles. The number of benzene rings is 2. The molecule has 0 aliphatic heterocycles. The normalized spacial score (nSPS) is 10.9. The smallest absolute Gasteiger partial charge is 0.339 e. The number of oxazole rings is 1. The highest BCUT2D eigenvalue weighted by atomic mass is 35.5. The third-order valence-corrected chi connectivity index (χ3v) is 5.10. The summed E-state index contributed by atoms with van der Waals surface area (Å²) in [4.78, 5) is 28.1. The Morgan fingerprint density at radius 2 is 1.93 bits per heavy atom. The zero-order valence-corrected chi connectivity index (χ0v) is 15.5. The van der Waals surface area contributed by atoms with Crippen molar-refractivity contribution in [2.24, 2.45) is 0 Å². The number of carboxylic acid groups (broad SMARTS) is 1. The lowest BCUT2D eigenvalue weighted by molar-refractivity contribution is 0.0699. The number of fused-ring (bicyclic) bond motifs is 1. The van der Waals surface area contributed by atoms with Gasteiger partial charge in [0.1, 0.15) is 16.1 Å². The van der Waals surface area contributed by atoms with Crippen LogP contribution in [0.15, 0.2) is 52.3 Å². The van der Waals surface area contributed by atoms with Gasteiger partial charge in [0.05, 0.1) is 0 Å². The molecule has 2 heterocycles. The largest absolute Gasteiger partial charge is 0.478 e. The molecule has 0 radical (unpaired) electrons. The molecule has 0 spiro atoms. The molecule has 0 saturated heterocycles. The van der Waals surface area contributed by atoms with Crippen molar-refractivity contribution < 1.29 is 23.5 Å². The number of aromatic carboxylic acids is 1. The van der Waals surface area contributed by atoms with Gasteiger partial charge < -0.3 is 14.8 Å². The average Bonchev–Trinajstić information content (AvgIpc) is 3.27. The lowest BCUT2D eigenvalue weighted by Gasteiger charge is -2.04. The van der Waals surface area contributed by atoms with Crippen LogP contribution in [0.25, 0.3) is 22.2 Å². The number of aromatic nitrogens is 1. The Hall–Kier alpha value is -3.23. The number of amides is 1. The fourth-order valence-electron chi connectivity index (χ4n) is 2.67. The number of anilines is 1. The first-order valence-electron chi connectivity index (χ1n) is 7.91. The summed E-state index contributed by atoms with van der Waals surface area (Å²) in [5, 5.41) is 14.4. The summed E-state index contributed by atoms with van der Waals surface area (Å²) >= 11 is 6.92. The standard InChI is InChI=1S/C19H10ClFN2O4S/c20-10-6-4-9(5-7-10)11-8-28-18(14(11)19(25)26)23-16(24)17-22-15-12(21)2-1-3-13(15)27-17/h1-8H,(H,23,24)(H,25,26). The van der Waals surface area contributed by atoms with Crippen molar-refractivity contribution >= 4 is 50.9 Å². The van der Waals surface area contributed by atoms with Gasteiger partial charge in [-0.15, -0.1) is 11.3 Å². The molecule has 0 unspecified atom stereocenters. The van der Waals surface area contributed by atoms with Crippen molar-refractivity contribution in [3.05, 3.63) is 70.1 Å². The Morgan fingerprint density at radius 3 is 2.61 bits per heavy atom. The van der Waals surface area contributed by atoms with Crippen molar-refractivity contribution in [1.29, 1.82) is 0 Å². The summed E-state index contributed by atoms with van der Waals surface area (Å²) in [6.45, 7) is 0. The molecule has 4 rings (SSSR count). The molecule has 2 N–H and O–H groups in total. The molecular weight excluding hydrogens is 407 g/mol. The Balaban J connectivity index is 1.69. The number of carboxylic acids is 1. The van der Waals surface area contributed by atoms with Gasteiger partial charge in [-0.1, -0.05) is 29.8 Å².